The molecule has 46 heavy (non-hydrogen) atoms. The molecule has 258 valence electrons. The number of nitrogens with two attached hydrogens (primary N) is 1. The van der Waals surface area contributed by atoms with Gasteiger partial charge in [0, 0.05) is 25.9 Å². The number of nitrogens with one attached hydrogen (secondary N) is 3. The molecule has 13 heteroatoms. The zero-order chi connectivity index (χ0) is 34.7. The number of amides is 7. The van der Waals surface area contributed by atoms with Crippen LogP contribution in [-0.4, -0.2) is 88.4 Å². The minimum atomic E-state index is -1.11. The van der Waals surface area contributed by atoms with E-state index in [1.165, 1.54) is 9.80 Å². The van der Waals surface area contributed by atoms with Gasteiger partial charge in [0.05, 0.1) is 12.1 Å². The summed E-state index contributed by atoms with van der Waals surface area (Å²) in [5, 5.41) is 8.45. The van der Waals surface area contributed by atoms with Crippen molar-refractivity contribution < 1.29 is 33.6 Å². The maximum absolute atomic E-state index is 14.3. The Labute approximate surface area is 272 Å². The van der Waals surface area contributed by atoms with Gasteiger partial charge in [0.25, 0.3) is 5.91 Å². The van der Waals surface area contributed by atoms with Crippen LogP contribution in [0.15, 0.2) is 0 Å². The summed E-state index contributed by atoms with van der Waals surface area (Å²) < 4.78 is 0. The zero-order valence-electron chi connectivity index (χ0n) is 28.7. The van der Waals surface area contributed by atoms with E-state index in [2.05, 4.69) is 16.0 Å². The molecular formula is C33H54N6O7. The number of piperidine rings is 1. The van der Waals surface area contributed by atoms with Gasteiger partial charge in [-0.3, -0.25) is 33.7 Å². The summed E-state index contributed by atoms with van der Waals surface area (Å²) in [4.78, 5) is 93.5. The molecule has 0 aromatic carbocycles. The Morgan fingerprint density at radius 3 is 1.96 bits per heavy atom. The largest absolute Gasteiger partial charge is 0.363 e. The molecule has 3 rings (SSSR count). The SMILES string of the molecule is CC(C)[C@@H]1C[C@@H](C(=O)NC(CC2CC2)C(=O)C(N)=O)N(C(=O)[C@@H](NC(=O)N[C@H](CN2C(=O)CCCC2=O)C(C)(C)C)C(C)(C)C)C1. The van der Waals surface area contributed by atoms with Crippen LogP contribution in [0.1, 0.15) is 100 Å². The molecule has 13 nitrogen and oxygen atoms in total. The van der Waals surface area contributed by atoms with Crippen LogP contribution in [0, 0.1) is 28.6 Å². The third-order valence-corrected chi connectivity index (χ3v) is 9.49. The number of primary amides is 1. The molecule has 7 amide bonds. The molecule has 2 heterocycles. The molecule has 2 saturated heterocycles. The van der Waals surface area contributed by atoms with Crippen molar-refractivity contribution in [3.8, 4) is 0 Å². The van der Waals surface area contributed by atoms with Crippen LogP contribution < -0.4 is 21.7 Å². The topological polar surface area (TPSA) is 188 Å². The van der Waals surface area contributed by atoms with E-state index in [0.717, 1.165) is 12.8 Å². The van der Waals surface area contributed by atoms with Crippen LogP contribution in [0.4, 0.5) is 4.79 Å². The summed E-state index contributed by atoms with van der Waals surface area (Å²) in [6.45, 7) is 15.4. The maximum Gasteiger partial charge on any atom is 0.315 e. The van der Waals surface area contributed by atoms with Crippen LogP contribution in [0.25, 0.3) is 0 Å². The fourth-order valence-corrected chi connectivity index (χ4v) is 6.07. The molecule has 1 saturated carbocycles. The molecule has 0 radical (unpaired) electrons. The van der Waals surface area contributed by atoms with E-state index in [4.69, 9.17) is 5.73 Å². The molecule has 3 fully saturated rings. The predicted octanol–water partition coefficient (Wildman–Crippen LogP) is 1.87. The molecule has 1 aliphatic carbocycles. The molecule has 5 atom stereocenters. The third kappa shape index (κ3) is 9.51. The summed E-state index contributed by atoms with van der Waals surface area (Å²) in [6.07, 6.45) is 3.55. The normalized spacial score (nSPS) is 22.7. The Morgan fingerprint density at radius 2 is 1.48 bits per heavy atom. The number of urea groups is 1. The fraction of sp³-hybridized carbons (Fsp3) is 0.788. The summed E-state index contributed by atoms with van der Waals surface area (Å²) in [5.41, 5.74) is 3.98. The van der Waals surface area contributed by atoms with Gasteiger partial charge in [-0.15, -0.1) is 0 Å². The second-order valence-corrected chi connectivity index (χ2v) is 15.8. The molecule has 2 aliphatic heterocycles. The lowest BCUT2D eigenvalue weighted by Gasteiger charge is -2.38. The van der Waals surface area contributed by atoms with E-state index < -0.39 is 64.5 Å². The number of carbonyl (C=O) groups is 7. The lowest BCUT2D eigenvalue weighted by molar-refractivity contribution is -0.148. The van der Waals surface area contributed by atoms with Gasteiger partial charge in [0.1, 0.15) is 12.1 Å². The Hall–Kier alpha value is -3.51. The first-order chi connectivity index (χ1) is 21.2. The number of rotatable bonds is 12. The van der Waals surface area contributed by atoms with Gasteiger partial charge in [-0.05, 0) is 47.8 Å². The van der Waals surface area contributed by atoms with Crippen molar-refractivity contribution in [2.45, 2.75) is 125 Å². The first-order valence-electron chi connectivity index (χ1n) is 16.5. The highest BCUT2D eigenvalue weighted by Gasteiger charge is 2.47. The number of Topliss-reactive ketones (excluding diaryl/α,β-unsaturated/α-hetero) is 1. The van der Waals surface area contributed by atoms with Crippen LogP contribution in [0.2, 0.25) is 0 Å². The highest BCUT2D eigenvalue weighted by molar-refractivity contribution is 6.37. The molecule has 0 spiro atoms. The van der Waals surface area contributed by atoms with Crippen LogP contribution >= 0.6 is 0 Å². The van der Waals surface area contributed by atoms with E-state index >= 15 is 0 Å². The molecule has 5 N–H and O–H groups in total. The summed E-state index contributed by atoms with van der Waals surface area (Å²) in [6, 6.07) is -4.24. The van der Waals surface area contributed by atoms with Crippen molar-refractivity contribution in [1.29, 1.82) is 0 Å². The van der Waals surface area contributed by atoms with Gasteiger partial charge >= 0.3 is 6.03 Å². The van der Waals surface area contributed by atoms with Crippen molar-refractivity contribution in [3.05, 3.63) is 0 Å². The minimum absolute atomic E-state index is 0.00671. The van der Waals surface area contributed by atoms with Crippen molar-refractivity contribution >= 4 is 41.4 Å². The lowest BCUT2D eigenvalue weighted by atomic mass is 9.85. The molecule has 0 aromatic heterocycles. The number of hydrogen-bond donors (Lipinski definition) is 4. The third-order valence-electron chi connectivity index (χ3n) is 9.49. The number of ketones is 1. The highest BCUT2D eigenvalue weighted by Crippen LogP contribution is 2.35. The highest BCUT2D eigenvalue weighted by atomic mass is 16.2. The van der Waals surface area contributed by atoms with Crippen molar-refractivity contribution in [2.75, 3.05) is 13.1 Å². The van der Waals surface area contributed by atoms with Gasteiger partial charge in [-0.1, -0.05) is 68.2 Å². The Kier molecular flexibility index (Phi) is 11.6. The molecular weight excluding hydrogens is 592 g/mol. The van der Waals surface area contributed by atoms with Crippen LogP contribution in [-0.2, 0) is 28.8 Å². The summed E-state index contributed by atoms with van der Waals surface area (Å²) >= 11 is 0. The van der Waals surface area contributed by atoms with E-state index in [0.29, 0.717) is 19.3 Å². The fourth-order valence-electron chi connectivity index (χ4n) is 6.07. The predicted molar refractivity (Wildman–Crippen MR) is 171 cm³/mol. The number of hydrogen-bond acceptors (Lipinski definition) is 7. The van der Waals surface area contributed by atoms with Gasteiger partial charge < -0.3 is 26.6 Å². The molecule has 1 unspecified atom stereocenters. The first-order valence-corrected chi connectivity index (χ1v) is 16.5. The van der Waals surface area contributed by atoms with E-state index in [9.17, 15) is 33.6 Å². The second kappa shape index (κ2) is 14.5. The smallest absolute Gasteiger partial charge is 0.315 e. The number of imide groups is 1. The first kappa shape index (κ1) is 37.0. The molecule has 0 aromatic rings. The van der Waals surface area contributed by atoms with E-state index in [-0.39, 0.29) is 55.5 Å². The van der Waals surface area contributed by atoms with Crippen molar-refractivity contribution in [1.82, 2.24) is 25.8 Å². The Morgan fingerprint density at radius 1 is 0.891 bits per heavy atom. The number of likely N-dealkylation sites (tertiary alicyclic amines) is 2. The zero-order valence-corrected chi connectivity index (χ0v) is 28.7. The van der Waals surface area contributed by atoms with E-state index in [1.807, 2.05) is 55.4 Å². The maximum atomic E-state index is 14.3. The molecule has 3 aliphatic rings. The van der Waals surface area contributed by atoms with Crippen molar-refractivity contribution in [2.24, 2.45) is 34.3 Å². The van der Waals surface area contributed by atoms with Crippen molar-refractivity contribution in [3.63, 3.8) is 0 Å². The second-order valence-electron chi connectivity index (χ2n) is 15.8. The Balaban J connectivity index is 1.81. The monoisotopic (exact) mass is 646 g/mol. The Bertz CT molecular complexity index is 1200. The van der Waals surface area contributed by atoms with Gasteiger partial charge in [-0.25, -0.2) is 4.79 Å². The van der Waals surface area contributed by atoms with E-state index in [1.54, 1.807) is 0 Å². The van der Waals surface area contributed by atoms with Crippen LogP contribution in [0.5, 0.6) is 0 Å². The number of nitrogens with zero attached hydrogens (tertiary/aromatic N) is 2. The van der Waals surface area contributed by atoms with Gasteiger partial charge in [0.15, 0.2) is 0 Å². The van der Waals surface area contributed by atoms with Crippen LogP contribution in [0.3, 0.4) is 0 Å². The summed E-state index contributed by atoms with van der Waals surface area (Å²) in [5.74, 6) is -3.12. The average molecular weight is 647 g/mol. The minimum Gasteiger partial charge on any atom is -0.363 e. The lowest BCUT2D eigenvalue weighted by Crippen LogP contribution is -2.62. The average Bonchev–Trinajstić information content (AvgIpc) is 3.63. The van der Waals surface area contributed by atoms with Gasteiger partial charge in [-0.2, -0.15) is 0 Å². The number of carbonyl (C=O) groups excluding carboxylic acids is 7. The quantitative estimate of drug-likeness (QED) is 0.184. The summed E-state index contributed by atoms with van der Waals surface area (Å²) in [7, 11) is 0. The van der Waals surface area contributed by atoms with Gasteiger partial charge in [0.2, 0.25) is 29.4 Å². The molecule has 0 bridgehead atoms. The standard InChI is InChI=1S/C33H54N6O7/c1-18(2)20-15-22(29(44)35-21(14-19-12-13-19)26(42)28(34)43)38(16-20)30(45)27(33(6,7)8)37-31(46)36-23(32(3,4)5)17-39-24(40)10-9-11-25(39)41/h18-23,27H,9-17H2,1-8H3,(H2,34,43)(H,35,44)(H2,36,37,46)/t20-,21?,22+,23-,27-/m1/s1.